The van der Waals surface area contributed by atoms with Crippen molar-refractivity contribution in [2.45, 2.75) is 32.8 Å². The summed E-state index contributed by atoms with van der Waals surface area (Å²) in [5, 5.41) is 9.46. The minimum absolute atomic E-state index is 0.0672. The van der Waals surface area contributed by atoms with E-state index in [-0.39, 0.29) is 17.2 Å². The summed E-state index contributed by atoms with van der Waals surface area (Å²) in [4.78, 5) is 24.8. The summed E-state index contributed by atoms with van der Waals surface area (Å²) in [6.45, 7) is 6.02. The number of nitrogens with one attached hydrogen (secondary N) is 2. The van der Waals surface area contributed by atoms with Crippen molar-refractivity contribution in [2.75, 3.05) is 11.9 Å². The molecular weight excluding hydrogens is 427 g/mol. The van der Waals surface area contributed by atoms with Crippen LogP contribution in [0.15, 0.2) is 42.6 Å². The summed E-state index contributed by atoms with van der Waals surface area (Å²) in [6.07, 6.45) is 2.27. The number of anilines is 1. The van der Waals surface area contributed by atoms with Gasteiger partial charge in [-0.1, -0.05) is 0 Å². The van der Waals surface area contributed by atoms with E-state index in [1.165, 1.54) is 12.1 Å². The normalized spacial score (nSPS) is 13.7. The number of aromatic nitrogens is 2. The number of nitrogens with zero attached hydrogens (tertiary/aromatic N) is 2. The Morgan fingerprint density at radius 1 is 1.21 bits per heavy atom. The fourth-order valence-corrected chi connectivity index (χ4v) is 3.66. The molecule has 8 nitrogen and oxygen atoms in total. The highest BCUT2D eigenvalue weighted by molar-refractivity contribution is 6.04. The SMILES string of the molecule is CCNC(=O)c1ccc(Oc2cc(C(=O)Nc3ccn(C)n3)cc3c2CC(C)(C)O3)cc1F. The molecule has 4 rings (SSSR count). The number of rotatable bonds is 6. The fraction of sp³-hybridized carbons (Fsp3) is 0.292. The van der Waals surface area contributed by atoms with Crippen LogP contribution < -0.4 is 20.1 Å². The maximum absolute atomic E-state index is 14.5. The first kappa shape index (κ1) is 22.3. The van der Waals surface area contributed by atoms with Crippen molar-refractivity contribution in [2.24, 2.45) is 7.05 Å². The first-order valence-electron chi connectivity index (χ1n) is 10.6. The van der Waals surface area contributed by atoms with Crippen molar-refractivity contribution in [3.05, 3.63) is 65.1 Å². The van der Waals surface area contributed by atoms with E-state index in [2.05, 4.69) is 15.7 Å². The van der Waals surface area contributed by atoms with Crippen LogP contribution in [0.1, 0.15) is 47.1 Å². The minimum atomic E-state index is -0.698. The Morgan fingerprint density at radius 3 is 2.67 bits per heavy atom. The van der Waals surface area contributed by atoms with Crippen LogP contribution in [0.3, 0.4) is 0 Å². The minimum Gasteiger partial charge on any atom is -0.487 e. The second-order valence-electron chi connectivity index (χ2n) is 8.42. The zero-order valence-corrected chi connectivity index (χ0v) is 18.9. The fourth-order valence-electron chi connectivity index (χ4n) is 3.66. The van der Waals surface area contributed by atoms with E-state index in [4.69, 9.17) is 9.47 Å². The maximum atomic E-state index is 14.5. The van der Waals surface area contributed by atoms with Crippen LogP contribution in [0.5, 0.6) is 17.2 Å². The summed E-state index contributed by atoms with van der Waals surface area (Å²) < 4.78 is 28.1. The monoisotopic (exact) mass is 452 g/mol. The predicted octanol–water partition coefficient (Wildman–Crippen LogP) is 4.07. The van der Waals surface area contributed by atoms with Crippen LogP contribution in [0.4, 0.5) is 10.2 Å². The molecule has 0 saturated carbocycles. The number of amides is 2. The number of ether oxygens (including phenoxy) is 2. The number of benzene rings is 2. The second kappa shape index (κ2) is 8.57. The lowest BCUT2D eigenvalue weighted by Crippen LogP contribution is -2.24. The van der Waals surface area contributed by atoms with E-state index in [0.29, 0.717) is 35.8 Å². The highest BCUT2D eigenvalue weighted by Crippen LogP contribution is 2.43. The van der Waals surface area contributed by atoms with Crippen molar-refractivity contribution in [1.29, 1.82) is 0 Å². The molecule has 172 valence electrons. The van der Waals surface area contributed by atoms with Gasteiger partial charge in [-0.25, -0.2) is 4.39 Å². The molecule has 0 fully saturated rings. The molecule has 0 spiro atoms. The van der Waals surface area contributed by atoms with Gasteiger partial charge in [-0.05, 0) is 45.0 Å². The molecule has 1 aliphatic rings. The summed E-state index contributed by atoms with van der Waals surface area (Å²) in [5.41, 5.74) is 0.542. The average molecular weight is 452 g/mol. The number of carbonyl (C=O) groups is 2. The standard InChI is InChI=1S/C24H25FN4O4/c1-5-26-23(31)16-7-6-15(12-18(16)25)32-19-10-14(11-20-17(19)13-24(2,3)33-20)22(30)27-21-8-9-29(4)28-21/h6-12H,5,13H2,1-4H3,(H,26,31)(H,27,28,30). The average Bonchev–Trinajstić information content (AvgIpc) is 3.28. The molecule has 1 aliphatic heterocycles. The first-order chi connectivity index (χ1) is 15.6. The van der Waals surface area contributed by atoms with Gasteiger partial charge in [-0.15, -0.1) is 0 Å². The molecule has 2 N–H and O–H groups in total. The molecule has 3 aromatic rings. The number of halogens is 1. The molecular formula is C24H25FN4O4. The third-order valence-electron chi connectivity index (χ3n) is 5.12. The van der Waals surface area contributed by atoms with Crippen LogP contribution in [-0.2, 0) is 13.5 Å². The number of fused-ring (bicyclic) bond motifs is 1. The van der Waals surface area contributed by atoms with Crippen molar-refractivity contribution < 1.29 is 23.5 Å². The summed E-state index contributed by atoms with van der Waals surface area (Å²) >= 11 is 0. The van der Waals surface area contributed by atoms with Crippen molar-refractivity contribution in [1.82, 2.24) is 15.1 Å². The molecule has 0 bridgehead atoms. The van der Waals surface area contributed by atoms with E-state index in [1.807, 2.05) is 13.8 Å². The largest absolute Gasteiger partial charge is 0.487 e. The van der Waals surface area contributed by atoms with Gasteiger partial charge in [-0.3, -0.25) is 14.3 Å². The third-order valence-corrected chi connectivity index (χ3v) is 5.12. The Morgan fingerprint density at radius 2 is 2.00 bits per heavy atom. The third kappa shape index (κ3) is 4.82. The van der Waals surface area contributed by atoms with Crippen LogP contribution in [0, 0.1) is 5.82 Å². The van der Waals surface area contributed by atoms with E-state index >= 15 is 0 Å². The molecule has 33 heavy (non-hydrogen) atoms. The second-order valence-corrected chi connectivity index (χ2v) is 8.42. The van der Waals surface area contributed by atoms with Gasteiger partial charge in [0.2, 0.25) is 0 Å². The lowest BCUT2D eigenvalue weighted by molar-refractivity contribution is 0.0950. The smallest absolute Gasteiger partial charge is 0.257 e. The lowest BCUT2D eigenvalue weighted by atomic mass is 9.99. The Labute approximate surface area is 190 Å². The molecule has 1 aromatic heterocycles. The molecule has 2 heterocycles. The van der Waals surface area contributed by atoms with E-state index < -0.39 is 17.3 Å². The molecule has 9 heteroatoms. The Balaban J connectivity index is 1.65. The highest BCUT2D eigenvalue weighted by Gasteiger charge is 2.34. The van der Waals surface area contributed by atoms with Crippen molar-refractivity contribution in [3.8, 4) is 17.2 Å². The van der Waals surface area contributed by atoms with Crippen LogP contribution >= 0.6 is 0 Å². The molecule has 0 unspecified atom stereocenters. The zero-order valence-electron chi connectivity index (χ0n) is 18.9. The van der Waals surface area contributed by atoms with Gasteiger partial charge in [0, 0.05) is 49.5 Å². The highest BCUT2D eigenvalue weighted by atomic mass is 19.1. The van der Waals surface area contributed by atoms with Gasteiger partial charge in [0.25, 0.3) is 11.8 Å². The lowest BCUT2D eigenvalue weighted by Gasteiger charge is -2.16. The van der Waals surface area contributed by atoms with Gasteiger partial charge in [0.05, 0.1) is 5.56 Å². The number of aryl methyl sites for hydroxylation is 1. The van der Waals surface area contributed by atoms with Crippen LogP contribution in [0.25, 0.3) is 0 Å². The first-order valence-corrected chi connectivity index (χ1v) is 10.6. The zero-order chi connectivity index (χ0) is 23.8. The van der Waals surface area contributed by atoms with Crippen molar-refractivity contribution in [3.63, 3.8) is 0 Å². The Hall–Kier alpha value is -3.88. The summed E-state index contributed by atoms with van der Waals surface area (Å²) in [5.74, 6) is -0.0455. The summed E-state index contributed by atoms with van der Waals surface area (Å²) in [6, 6.07) is 8.97. The number of hydrogen-bond donors (Lipinski definition) is 2. The van der Waals surface area contributed by atoms with Gasteiger partial charge in [-0.2, -0.15) is 5.10 Å². The molecule has 0 atom stereocenters. The van der Waals surface area contributed by atoms with Gasteiger partial charge in [0.15, 0.2) is 5.82 Å². The topological polar surface area (TPSA) is 94.5 Å². The number of carbonyl (C=O) groups excluding carboxylic acids is 2. The van der Waals surface area contributed by atoms with E-state index in [9.17, 15) is 14.0 Å². The molecule has 0 aliphatic carbocycles. The number of hydrogen-bond acceptors (Lipinski definition) is 5. The summed E-state index contributed by atoms with van der Waals surface area (Å²) in [7, 11) is 1.75. The maximum Gasteiger partial charge on any atom is 0.257 e. The van der Waals surface area contributed by atoms with Crippen molar-refractivity contribution >= 4 is 17.6 Å². The van der Waals surface area contributed by atoms with Gasteiger partial charge >= 0.3 is 0 Å². The Bertz CT molecular complexity index is 1240. The van der Waals surface area contributed by atoms with Gasteiger partial charge in [0.1, 0.15) is 28.7 Å². The Kier molecular flexibility index (Phi) is 5.80. The van der Waals surface area contributed by atoms with E-state index in [0.717, 1.165) is 11.6 Å². The molecule has 0 saturated heterocycles. The molecule has 2 aromatic carbocycles. The predicted molar refractivity (Wildman–Crippen MR) is 120 cm³/mol. The molecule has 2 amide bonds. The van der Waals surface area contributed by atoms with E-state index in [1.54, 1.807) is 43.0 Å². The van der Waals surface area contributed by atoms with Crippen LogP contribution in [-0.4, -0.2) is 33.7 Å². The van der Waals surface area contributed by atoms with Crippen LogP contribution in [0.2, 0.25) is 0 Å². The molecule has 0 radical (unpaired) electrons. The van der Waals surface area contributed by atoms with Gasteiger partial charge < -0.3 is 20.1 Å². The quantitative estimate of drug-likeness (QED) is 0.588.